The van der Waals surface area contributed by atoms with E-state index in [2.05, 4.69) is 6.92 Å². The molecule has 47 heavy (non-hydrogen) atoms. The van der Waals surface area contributed by atoms with Crippen LogP contribution in [0.4, 0.5) is 0 Å². The Morgan fingerprint density at radius 1 is 0.702 bits per heavy atom. The predicted octanol–water partition coefficient (Wildman–Crippen LogP) is 9.60. The minimum Gasteiger partial charge on any atom is -0.494 e. The van der Waals surface area contributed by atoms with Gasteiger partial charge in [-0.25, -0.2) is 14.4 Å². The molecule has 0 amide bonds. The molecule has 246 valence electrons. The summed E-state index contributed by atoms with van der Waals surface area (Å²) in [5, 5.41) is 0.262. The number of carbonyl (C=O) groups is 3. The second-order valence-corrected chi connectivity index (χ2v) is 11.9. The van der Waals surface area contributed by atoms with Crippen LogP contribution in [0.3, 0.4) is 0 Å². The van der Waals surface area contributed by atoms with E-state index in [1.807, 2.05) is 50.2 Å². The summed E-state index contributed by atoms with van der Waals surface area (Å²) in [5.41, 5.74) is 4.22. The molecule has 0 aliphatic carbocycles. The topological polar surface area (TPSA) is 88.1 Å². The normalized spacial score (nSPS) is 12.1. The molecule has 4 aromatic carbocycles. The van der Waals surface area contributed by atoms with Gasteiger partial charge in [-0.3, -0.25) is 0 Å². The second-order valence-electron chi connectivity index (χ2n) is 11.5. The van der Waals surface area contributed by atoms with E-state index in [0.29, 0.717) is 17.7 Å². The van der Waals surface area contributed by atoms with Crippen molar-refractivity contribution in [3.05, 3.63) is 107 Å². The molecule has 0 N–H and O–H groups in total. The van der Waals surface area contributed by atoms with Crippen molar-refractivity contribution >= 4 is 29.5 Å². The van der Waals surface area contributed by atoms with Gasteiger partial charge in [-0.1, -0.05) is 94.1 Å². The number of benzene rings is 4. The number of ether oxygens (including phenoxy) is 4. The van der Waals surface area contributed by atoms with Crippen LogP contribution in [-0.4, -0.2) is 37.2 Å². The van der Waals surface area contributed by atoms with E-state index in [1.54, 1.807) is 54.6 Å². The Kier molecular flexibility index (Phi) is 13.0. The smallest absolute Gasteiger partial charge is 0.347 e. The van der Waals surface area contributed by atoms with Crippen LogP contribution in [0.5, 0.6) is 11.5 Å². The van der Waals surface area contributed by atoms with Crippen LogP contribution >= 0.6 is 11.6 Å². The van der Waals surface area contributed by atoms with Crippen LogP contribution in [-0.2, 0) is 14.3 Å². The summed E-state index contributed by atoms with van der Waals surface area (Å²) < 4.78 is 21.9. The zero-order valence-electron chi connectivity index (χ0n) is 27.3. The highest BCUT2D eigenvalue weighted by atomic mass is 35.5. The zero-order chi connectivity index (χ0) is 33.8. The number of unbranched alkanes of at least 4 members (excludes halogenated alkanes) is 2. The van der Waals surface area contributed by atoms with Gasteiger partial charge >= 0.3 is 17.9 Å². The molecule has 0 saturated heterocycles. The van der Waals surface area contributed by atoms with Crippen molar-refractivity contribution in [2.24, 2.45) is 5.92 Å². The minimum atomic E-state index is -1.02. The number of carbonyl (C=O) groups excluding carboxylic acids is 3. The lowest BCUT2D eigenvalue weighted by Crippen LogP contribution is -2.27. The Labute approximate surface area is 281 Å². The largest absolute Gasteiger partial charge is 0.494 e. The molecule has 7 nitrogen and oxygen atoms in total. The van der Waals surface area contributed by atoms with Crippen LogP contribution in [0.1, 0.15) is 74.1 Å². The Morgan fingerprint density at radius 2 is 1.26 bits per heavy atom. The van der Waals surface area contributed by atoms with Gasteiger partial charge in [-0.15, -0.1) is 0 Å². The molecular weight excluding hydrogens is 616 g/mol. The fraction of sp³-hybridized carbons (Fsp3) is 0.308. The second kappa shape index (κ2) is 17.3. The molecule has 2 unspecified atom stereocenters. The van der Waals surface area contributed by atoms with Crippen molar-refractivity contribution in [1.29, 1.82) is 0 Å². The maximum atomic E-state index is 12.9. The highest BCUT2D eigenvalue weighted by molar-refractivity contribution is 6.32. The predicted molar refractivity (Wildman–Crippen MR) is 184 cm³/mol. The van der Waals surface area contributed by atoms with E-state index in [0.717, 1.165) is 53.7 Å². The Morgan fingerprint density at radius 3 is 1.83 bits per heavy atom. The van der Waals surface area contributed by atoms with Crippen LogP contribution in [0, 0.1) is 5.92 Å². The van der Waals surface area contributed by atoms with E-state index in [-0.39, 0.29) is 23.3 Å². The van der Waals surface area contributed by atoms with E-state index >= 15 is 0 Å². The lowest BCUT2D eigenvalue weighted by Gasteiger charge is -2.15. The number of halogens is 1. The average Bonchev–Trinajstić information content (AvgIpc) is 3.10. The van der Waals surface area contributed by atoms with Gasteiger partial charge in [0.2, 0.25) is 0 Å². The molecule has 4 aromatic rings. The summed E-state index contributed by atoms with van der Waals surface area (Å²) in [6.45, 7) is 8.64. The summed E-state index contributed by atoms with van der Waals surface area (Å²) in [6, 6.07) is 26.9. The minimum absolute atomic E-state index is 0.230. The average molecular weight is 657 g/mol. The SMILES string of the molecule is CCCCCOc1ccc(-c2ccc(C(=O)Oc3ccc(-c4ccc(C(=O)OC(C)C(=O)OCC(C)CC)cc4)cc3Cl)cc2)cc1. The summed E-state index contributed by atoms with van der Waals surface area (Å²) in [5.74, 6) is -0.424. The molecule has 0 radical (unpaired) electrons. The molecule has 0 aliphatic rings. The van der Waals surface area contributed by atoms with Gasteiger partial charge in [0.05, 0.1) is 29.4 Å². The van der Waals surface area contributed by atoms with Gasteiger partial charge in [-0.2, -0.15) is 0 Å². The van der Waals surface area contributed by atoms with Gasteiger partial charge in [-0.05, 0) is 90.0 Å². The van der Waals surface area contributed by atoms with Gasteiger partial charge in [0.15, 0.2) is 6.10 Å². The number of rotatable bonds is 15. The third kappa shape index (κ3) is 10.2. The van der Waals surface area contributed by atoms with E-state index in [4.69, 9.17) is 30.5 Å². The first-order valence-electron chi connectivity index (χ1n) is 16.0. The standard InChI is InChI=1S/C39H41ClO7/c1-5-7-8-23-44-34-20-17-29(18-21-34)28-9-13-32(14-10-28)39(43)47-36-22-19-33(24-35(36)40)30-11-15-31(16-12-30)38(42)46-27(4)37(41)45-25-26(3)6-2/h9-22,24,26-27H,5-8,23,25H2,1-4H3. The molecule has 8 heteroatoms. The fourth-order valence-corrected chi connectivity index (χ4v) is 4.76. The summed E-state index contributed by atoms with van der Waals surface area (Å²) in [7, 11) is 0. The summed E-state index contributed by atoms with van der Waals surface area (Å²) >= 11 is 6.49. The Hall–Kier alpha value is -4.62. The lowest BCUT2D eigenvalue weighted by molar-refractivity contribution is -0.154. The molecule has 0 saturated carbocycles. The van der Waals surface area contributed by atoms with Crippen molar-refractivity contribution in [2.75, 3.05) is 13.2 Å². The molecular formula is C39H41ClO7. The summed E-state index contributed by atoms with van der Waals surface area (Å²) in [6.07, 6.45) is 3.22. The third-order valence-corrected chi connectivity index (χ3v) is 8.03. The van der Waals surface area contributed by atoms with Crippen molar-refractivity contribution in [2.45, 2.75) is 59.5 Å². The van der Waals surface area contributed by atoms with E-state index < -0.39 is 24.0 Å². The van der Waals surface area contributed by atoms with Crippen LogP contribution in [0.2, 0.25) is 5.02 Å². The molecule has 0 heterocycles. The number of hydrogen-bond donors (Lipinski definition) is 0. The lowest BCUT2D eigenvalue weighted by atomic mass is 10.0. The Balaban J connectivity index is 1.32. The first kappa shape index (κ1) is 35.2. The van der Waals surface area contributed by atoms with E-state index in [9.17, 15) is 14.4 Å². The molecule has 0 fully saturated rings. The maximum absolute atomic E-state index is 12.9. The number of esters is 3. The zero-order valence-corrected chi connectivity index (χ0v) is 28.0. The van der Waals surface area contributed by atoms with Gasteiger partial charge in [0.1, 0.15) is 11.5 Å². The molecule has 4 rings (SSSR count). The van der Waals surface area contributed by atoms with E-state index in [1.165, 1.54) is 6.92 Å². The van der Waals surface area contributed by atoms with Crippen LogP contribution in [0.15, 0.2) is 91.0 Å². The maximum Gasteiger partial charge on any atom is 0.347 e. The molecule has 2 atom stereocenters. The van der Waals surface area contributed by atoms with Crippen LogP contribution < -0.4 is 9.47 Å². The van der Waals surface area contributed by atoms with Crippen molar-refractivity contribution < 1.29 is 33.3 Å². The van der Waals surface area contributed by atoms with Crippen LogP contribution in [0.25, 0.3) is 22.3 Å². The van der Waals surface area contributed by atoms with Crippen molar-refractivity contribution in [3.63, 3.8) is 0 Å². The van der Waals surface area contributed by atoms with Gasteiger partial charge < -0.3 is 18.9 Å². The monoisotopic (exact) mass is 656 g/mol. The highest BCUT2D eigenvalue weighted by Crippen LogP contribution is 2.32. The van der Waals surface area contributed by atoms with Gasteiger partial charge in [0, 0.05) is 0 Å². The molecule has 0 spiro atoms. The highest BCUT2D eigenvalue weighted by Gasteiger charge is 2.21. The summed E-state index contributed by atoms with van der Waals surface area (Å²) in [4.78, 5) is 37.6. The molecule has 0 bridgehead atoms. The third-order valence-electron chi connectivity index (χ3n) is 7.74. The number of hydrogen-bond acceptors (Lipinski definition) is 7. The Bertz CT molecular complexity index is 1630. The first-order valence-corrected chi connectivity index (χ1v) is 16.4. The van der Waals surface area contributed by atoms with Crippen molar-refractivity contribution in [1.82, 2.24) is 0 Å². The van der Waals surface area contributed by atoms with Crippen molar-refractivity contribution in [3.8, 4) is 33.8 Å². The van der Waals surface area contributed by atoms with Gasteiger partial charge in [0.25, 0.3) is 0 Å². The molecule has 0 aromatic heterocycles. The fourth-order valence-electron chi connectivity index (χ4n) is 4.54. The quantitative estimate of drug-likeness (QED) is 0.0715. The molecule has 0 aliphatic heterocycles. The first-order chi connectivity index (χ1) is 22.7.